The van der Waals surface area contributed by atoms with Crippen LogP contribution in [0.2, 0.25) is 0 Å². The Kier molecular flexibility index (Phi) is 3.74. The summed E-state index contributed by atoms with van der Waals surface area (Å²) in [7, 11) is -3.89. The van der Waals surface area contributed by atoms with Gasteiger partial charge in [0.15, 0.2) is 0 Å². The number of sulfonamides is 1. The summed E-state index contributed by atoms with van der Waals surface area (Å²) in [6.07, 6.45) is 3.05. The lowest BCUT2D eigenvalue weighted by molar-refractivity contribution is -0.123. The minimum absolute atomic E-state index is 0.0388. The molecule has 3 N–H and O–H groups in total. The minimum Gasteiger partial charge on any atom is -0.368 e. The van der Waals surface area contributed by atoms with Crippen molar-refractivity contribution in [3.05, 3.63) is 36.7 Å². The summed E-state index contributed by atoms with van der Waals surface area (Å²) in [6.45, 7) is -0.536. The summed E-state index contributed by atoms with van der Waals surface area (Å²) in [4.78, 5) is 20.8. The molecule has 2 rings (SSSR count). The molecule has 0 saturated heterocycles. The number of hydrogen-bond donors (Lipinski definition) is 2. The first kappa shape index (κ1) is 13.4. The predicted molar refractivity (Wildman–Crippen MR) is 67.2 cm³/mol. The lowest BCUT2D eigenvalue weighted by Crippen LogP contribution is -2.29. The van der Waals surface area contributed by atoms with Crippen LogP contribution in [-0.2, 0) is 19.7 Å². The molecule has 100 valence electrons. The molecule has 1 aromatic carbocycles. The van der Waals surface area contributed by atoms with E-state index in [2.05, 4.69) is 9.82 Å². The Balaban J connectivity index is 2.35. The molecule has 0 atom stereocenters. The van der Waals surface area contributed by atoms with Crippen LogP contribution in [-0.4, -0.2) is 25.9 Å². The van der Waals surface area contributed by atoms with Gasteiger partial charge >= 0.3 is 0 Å². The normalized spacial score (nSPS) is 11.6. The van der Waals surface area contributed by atoms with Gasteiger partial charge in [-0.1, -0.05) is 17.0 Å². The van der Waals surface area contributed by atoms with Gasteiger partial charge in [0.05, 0.1) is 4.90 Å². The van der Waals surface area contributed by atoms with Crippen molar-refractivity contribution in [2.45, 2.75) is 4.90 Å². The van der Waals surface area contributed by atoms with E-state index in [4.69, 9.17) is 5.73 Å². The molecule has 0 spiro atoms. The zero-order valence-electron chi connectivity index (χ0n) is 9.74. The van der Waals surface area contributed by atoms with Gasteiger partial charge in [-0.05, 0) is 12.1 Å². The fraction of sp³-hybridized carbons (Fsp3) is 0.0909. The fourth-order valence-electron chi connectivity index (χ4n) is 1.55. The van der Waals surface area contributed by atoms with Crippen molar-refractivity contribution in [3.8, 4) is 0 Å². The van der Waals surface area contributed by atoms with Crippen LogP contribution in [0.4, 0.5) is 0 Å². The number of nitrogens with two attached hydrogens (primary N) is 1. The number of nitrogens with zero attached hydrogens (tertiary/aromatic N) is 1. The van der Waals surface area contributed by atoms with Gasteiger partial charge in [-0.3, -0.25) is 14.6 Å². The third kappa shape index (κ3) is 3.05. The quantitative estimate of drug-likeness (QED) is 0.745. The number of fused-ring (bicyclic) bond motifs is 1. The van der Waals surface area contributed by atoms with Gasteiger partial charge in [0, 0.05) is 23.2 Å². The standard InChI is InChI=1S/C11H11N3O4S/c12-11(15)7-18-14-19(16,17)10-3-1-2-8-6-13-5-4-9(8)10/h1-6,14H,7H2,(H2,12,15). The van der Waals surface area contributed by atoms with Crippen molar-refractivity contribution < 1.29 is 18.0 Å². The average molecular weight is 281 g/mol. The number of carbonyl (C=O) groups is 1. The number of carbonyl (C=O) groups excluding carboxylic acids is 1. The molecule has 19 heavy (non-hydrogen) atoms. The Morgan fingerprint density at radius 2 is 2.16 bits per heavy atom. The van der Waals surface area contributed by atoms with Crippen molar-refractivity contribution in [3.63, 3.8) is 0 Å². The van der Waals surface area contributed by atoms with E-state index in [1.54, 1.807) is 24.4 Å². The molecular formula is C11H11N3O4S. The van der Waals surface area contributed by atoms with Gasteiger partial charge in [0.1, 0.15) is 6.61 Å². The van der Waals surface area contributed by atoms with Crippen molar-refractivity contribution >= 4 is 26.7 Å². The van der Waals surface area contributed by atoms with Gasteiger partial charge in [0.2, 0.25) is 5.91 Å². The minimum atomic E-state index is -3.89. The third-order valence-corrected chi connectivity index (χ3v) is 3.59. The van der Waals surface area contributed by atoms with Crippen molar-refractivity contribution in [1.29, 1.82) is 0 Å². The van der Waals surface area contributed by atoms with Crippen molar-refractivity contribution in [2.75, 3.05) is 6.61 Å². The molecule has 1 heterocycles. The van der Waals surface area contributed by atoms with Crippen LogP contribution in [0.25, 0.3) is 10.8 Å². The van der Waals surface area contributed by atoms with E-state index >= 15 is 0 Å². The molecule has 2 aromatic rings. The summed E-state index contributed by atoms with van der Waals surface area (Å²) in [5.41, 5.74) is 4.84. The Morgan fingerprint density at radius 1 is 1.37 bits per heavy atom. The number of aromatic nitrogens is 1. The zero-order chi connectivity index (χ0) is 13.9. The van der Waals surface area contributed by atoms with Gasteiger partial charge in [-0.25, -0.2) is 8.42 Å². The molecule has 0 aliphatic heterocycles. The first-order valence-electron chi connectivity index (χ1n) is 5.25. The van der Waals surface area contributed by atoms with E-state index in [1.165, 1.54) is 12.3 Å². The second kappa shape index (κ2) is 5.31. The van der Waals surface area contributed by atoms with E-state index in [0.717, 1.165) is 0 Å². The molecular weight excluding hydrogens is 270 g/mol. The highest BCUT2D eigenvalue weighted by molar-refractivity contribution is 7.89. The van der Waals surface area contributed by atoms with E-state index in [1.807, 2.05) is 4.89 Å². The summed E-state index contributed by atoms with van der Waals surface area (Å²) in [6, 6.07) is 6.34. The molecule has 8 heteroatoms. The highest BCUT2D eigenvalue weighted by atomic mass is 32.2. The van der Waals surface area contributed by atoms with Gasteiger partial charge in [-0.2, -0.15) is 0 Å². The van der Waals surface area contributed by atoms with Crippen LogP contribution in [0.5, 0.6) is 0 Å². The maximum atomic E-state index is 12.0. The highest BCUT2D eigenvalue weighted by Crippen LogP contribution is 2.21. The number of amides is 1. The predicted octanol–water partition coefficient (Wildman–Crippen LogP) is -0.0700. The fourth-order valence-corrected chi connectivity index (χ4v) is 2.59. The summed E-state index contributed by atoms with van der Waals surface area (Å²) in [5.74, 6) is -0.773. The highest BCUT2D eigenvalue weighted by Gasteiger charge is 2.17. The van der Waals surface area contributed by atoms with Crippen molar-refractivity contribution in [2.24, 2.45) is 5.73 Å². The van der Waals surface area contributed by atoms with Crippen LogP contribution in [0, 0.1) is 0 Å². The van der Waals surface area contributed by atoms with E-state index < -0.39 is 22.5 Å². The molecule has 0 aliphatic carbocycles. The number of hydrogen-bond acceptors (Lipinski definition) is 5. The molecule has 1 amide bonds. The second-order valence-electron chi connectivity index (χ2n) is 3.69. The maximum Gasteiger partial charge on any atom is 0.263 e. The second-order valence-corrected chi connectivity index (χ2v) is 5.31. The van der Waals surface area contributed by atoms with Crippen LogP contribution >= 0.6 is 0 Å². The Labute approximate surface area is 109 Å². The van der Waals surface area contributed by atoms with Gasteiger partial charge in [-0.15, -0.1) is 0 Å². The molecule has 0 bridgehead atoms. The molecule has 0 fully saturated rings. The summed E-state index contributed by atoms with van der Waals surface area (Å²) >= 11 is 0. The van der Waals surface area contributed by atoms with E-state index in [9.17, 15) is 13.2 Å². The topological polar surface area (TPSA) is 111 Å². The van der Waals surface area contributed by atoms with Crippen LogP contribution in [0.3, 0.4) is 0 Å². The van der Waals surface area contributed by atoms with E-state index in [-0.39, 0.29) is 4.90 Å². The molecule has 0 radical (unpaired) electrons. The number of benzene rings is 1. The summed E-state index contributed by atoms with van der Waals surface area (Å²) in [5, 5.41) is 1.19. The maximum absolute atomic E-state index is 12.0. The SMILES string of the molecule is NC(=O)CONS(=O)(=O)c1cccc2cnccc12. The van der Waals surface area contributed by atoms with Crippen molar-refractivity contribution in [1.82, 2.24) is 9.87 Å². The molecule has 1 aromatic heterocycles. The molecule has 0 saturated carbocycles. The number of nitrogens with one attached hydrogen (secondary N) is 1. The van der Waals surface area contributed by atoms with Gasteiger partial charge in [0.25, 0.3) is 10.0 Å². The van der Waals surface area contributed by atoms with Crippen LogP contribution < -0.4 is 10.6 Å². The zero-order valence-corrected chi connectivity index (χ0v) is 10.6. The lowest BCUT2D eigenvalue weighted by atomic mass is 10.2. The monoisotopic (exact) mass is 281 g/mol. The largest absolute Gasteiger partial charge is 0.368 e. The molecule has 7 nitrogen and oxygen atoms in total. The Hall–Kier alpha value is -2.03. The molecule has 0 unspecified atom stereocenters. The molecule has 0 aliphatic rings. The average Bonchev–Trinajstić information content (AvgIpc) is 2.37. The first-order valence-corrected chi connectivity index (χ1v) is 6.73. The number of pyridine rings is 1. The number of primary amides is 1. The number of rotatable bonds is 5. The van der Waals surface area contributed by atoms with Crippen LogP contribution in [0.15, 0.2) is 41.6 Å². The van der Waals surface area contributed by atoms with Gasteiger partial charge < -0.3 is 5.73 Å². The van der Waals surface area contributed by atoms with Crippen LogP contribution in [0.1, 0.15) is 0 Å². The first-order chi connectivity index (χ1) is 9.00. The Morgan fingerprint density at radius 3 is 2.89 bits per heavy atom. The lowest BCUT2D eigenvalue weighted by Gasteiger charge is -2.08. The third-order valence-electron chi connectivity index (χ3n) is 2.31. The smallest absolute Gasteiger partial charge is 0.263 e. The summed E-state index contributed by atoms with van der Waals surface area (Å²) < 4.78 is 24.0. The Bertz CT molecular complexity index is 709. The van der Waals surface area contributed by atoms with E-state index in [0.29, 0.717) is 10.8 Å².